The first kappa shape index (κ1) is 21.9. The number of nitrogens with one attached hydrogen (secondary N) is 1. The van der Waals surface area contributed by atoms with Gasteiger partial charge in [-0.2, -0.15) is 0 Å². The second-order valence-electron chi connectivity index (χ2n) is 8.67. The van der Waals surface area contributed by atoms with Gasteiger partial charge in [-0.25, -0.2) is 9.78 Å². The molecule has 1 N–H and O–H groups in total. The van der Waals surface area contributed by atoms with E-state index >= 15 is 0 Å². The minimum absolute atomic E-state index is 0.0983. The number of hydrogen-bond donors (Lipinski definition) is 1. The lowest BCUT2D eigenvalue weighted by molar-refractivity contribution is -0.918. The van der Waals surface area contributed by atoms with Crippen LogP contribution in [0.25, 0.3) is 11.2 Å². The van der Waals surface area contributed by atoms with E-state index in [1.165, 1.54) is 22.8 Å². The number of imidazole rings is 1. The topological polar surface area (TPSA) is 99.7 Å². The number of benzene rings is 1. The summed E-state index contributed by atoms with van der Waals surface area (Å²) < 4.78 is 9.73. The summed E-state index contributed by atoms with van der Waals surface area (Å²) in [6, 6.07) is 13.3. The van der Waals surface area contributed by atoms with Gasteiger partial charge in [0, 0.05) is 20.6 Å². The van der Waals surface area contributed by atoms with Crippen LogP contribution in [0.3, 0.4) is 0 Å². The van der Waals surface area contributed by atoms with E-state index < -0.39 is 5.69 Å². The predicted molar refractivity (Wildman–Crippen MR) is 125 cm³/mol. The van der Waals surface area contributed by atoms with E-state index in [1.807, 2.05) is 34.9 Å². The molecule has 0 bridgehead atoms. The lowest BCUT2D eigenvalue weighted by Crippen LogP contribution is -3.13. The van der Waals surface area contributed by atoms with Gasteiger partial charge in [0.15, 0.2) is 22.7 Å². The Morgan fingerprint density at radius 3 is 2.44 bits per heavy atom. The van der Waals surface area contributed by atoms with E-state index in [2.05, 4.69) is 0 Å². The van der Waals surface area contributed by atoms with Crippen molar-refractivity contribution in [2.75, 3.05) is 26.2 Å². The van der Waals surface area contributed by atoms with Gasteiger partial charge < -0.3 is 18.8 Å². The number of furan rings is 1. The third-order valence-corrected chi connectivity index (χ3v) is 6.51. The van der Waals surface area contributed by atoms with Crippen LogP contribution < -0.4 is 16.1 Å². The average Bonchev–Trinajstić information content (AvgIpc) is 3.51. The van der Waals surface area contributed by atoms with Crippen LogP contribution in [0, 0.1) is 0 Å². The number of piperazine rings is 1. The maximum absolute atomic E-state index is 13.1. The van der Waals surface area contributed by atoms with Crippen LogP contribution in [0.5, 0.6) is 0 Å². The largest absolute Gasteiger partial charge is 0.459 e. The fourth-order valence-corrected chi connectivity index (χ4v) is 4.55. The summed E-state index contributed by atoms with van der Waals surface area (Å²) in [5.41, 5.74) is 1.12. The summed E-state index contributed by atoms with van der Waals surface area (Å²) in [6.07, 6.45) is 1.50. The molecular formula is C24H27N6O4+. The normalized spacial score (nSPS) is 14.7. The maximum atomic E-state index is 13.1. The molecule has 1 amide bonds. The molecule has 176 valence electrons. The molecule has 0 spiro atoms. The molecule has 0 unspecified atom stereocenters. The fourth-order valence-electron chi connectivity index (χ4n) is 4.55. The van der Waals surface area contributed by atoms with Crippen molar-refractivity contribution in [2.45, 2.75) is 13.1 Å². The number of hydrogen-bond acceptors (Lipinski definition) is 5. The number of rotatable bonds is 5. The van der Waals surface area contributed by atoms with Gasteiger partial charge in [-0.05, 0) is 17.7 Å². The Bertz CT molecular complexity index is 1440. The zero-order valence-corrected chi connectivity index (χ0v) is 19.2. The second kappa shape index (κ2) is 8.79. The SMILES string of the molecule is Cn1c(=O)c2c(nc(C[NH+]3CCN(C(=O)c4ccco4)CC3)n2Cc2ccccc2)n(C)c1=O. The summed E-state index contributed by atoms with van der Waals surface area (Å²) >= 11 is 0. The van der Waals surface area contributed by atoms with E-state index in [-0.39, 0.29) is 11.5 Å². The predicted octanol–water partition coefficient (Wildman–Crippen LogP) is -0.384. The molecule has 3 aromatic heterocycles. The third-order valence-electron chi connectivity index (χ3n) is 6.51. The first-order valence-electron chi connectivity index (χ1n) is 11.3. The van der Waals surface area contributed by atoms with Crippen LogP contribution in [0.1, 0.15) is 21.9 Å². The highest BCUT2D eigenvalue weighted by Crippen LogP contribution is 2.14. The Morgan fingerprint density at radius 2 is 1.76 bits per heavy atom. The Morgan fingerprint density at radius 1 is 1.03 bits per heavy atom. The van der Waals surface area contributed by atoms with Crippen LogP contribution in [0.2, 0.25) is 0 Å². The number of carbonyl (C=O) groups excluding carboxylic acids is 1. The zero-order valence-electron chi connectivity index (χ0n) is 19.2. The van der Waals surface area contributed by atoms with Crippen LogP contribution in [0.4, 0.5) is 0 Å². The number of nitrogens with zero attached hydrogens (tertiary/aromatic N) is 5. The molecule has 4 heterocycles. The van der Waals surface area contributed by atoms with Gasteiger partial charge in [0.05, 0.1) is 32.4 Å². The van der Waals surface area contributed by atoms with Crippen molar-refractivity contribution < 1.29 is 14.1 Å². The lowest BCUT2D eigenvalue weighted by Gasteiger charge is -2.31. The van der Waals surface area contributed by atoms with E-state index in [9.17, 15) is 14.4 Å². The Balaban J connectivity index is 1.45. The molecule has 5 rings (SSSR count). The summed E-state index contributed by atoms with van der Waals surface area (Å²) in [6.45, 7) is 3.77. The number of carbonyl (C=O) groups is 1. The van der Waals surface area contributed by atoms with Crippen LogP contribution in [0.15, 0.2) is 62.7 Å². The maximum Gasteiger partial charge on any atom is 0.332 e. The van der Waals surface area contributed by atoms with Gasteiger partial charge >= 0.3 is 5.69 Å². The number of fused-ring (bicyclic) bond motifs is 1. The van der Waals surface area contributed by atoms with Crippen LogP contribution >= 0.6 is 0 Å². The molecule has 0 aliphatic carbocycles. The molecule has 0 atom stereocenters. The molecule has 1 aliphatic heterocycles. The molecule has 1 fully saturated rings. The van der Waals surface area contributed by atoms with Crippen LogP contribution in [-0.2, 0) is 27.2 Å². The molecule has 4 aromatic rings. The molecule has 0 saturated carbocycles. The van der Waals surface area contributed by atoms with Gasteiger partial charge in [0.1, 0.15) is 6.54 Å². The molecule has 1 aliphatic rings. The number of quaternary nitrogens is 1. The Kier molecular flexibility index (Phi) is 5.66. The number of aryl methyl sites for hydroxylation is 1. The highest BCUT2D eigenvalue weighted by molar-refractivity contribution is 5.91. The second-order valence-corrected chi connectivity index (χ2v) is 8.67. The minimum Gasteiger partial charge on any atom is -0.459 e. The van der Waals surface area contributed by atoms with E-state index in [4.69, 9.17) is 9.40 Å². The van der Waals surface area contributed by atoms with Crippen molar-refractivity contribution in [1.82, 2.24) is 23.6 Å². The molecule has 0 radical (unpaired) electrons. The van der Waals surface area contributed by atoms with Crippen molar-refractivity contribution in [3.05, 3.63) is 86.7 Å². The quantitative estimate of drug-likeness (QED) is 0.435. The van der Waals surface area contributed by atoms with Gasteiger partial charge in [-0.3, -0.25) is 18.7 Å². The van der Waals surface area contributed by atoms with Crippen molar-refractivity contribution >= 4 is 17.1 Å². The van der Waals surface area contributed by atoms with Crippen molar-refractivity contribution in [3.63, 3.8) is 0 Å². The van der Waals surface area contributed by atoms with E-state index in [0.717, 1.165) is 29.0 Å². The monoisotopic (exact) mass is 463 g/mol. The van der Waals surface area contributed by atoms with Crippen molar-refractivity contribution in [2.24, 2.45) is 14.1 Å². The Hall–Kier alpha value is -3.92. The first-order chi connectivity index (χ1) is 16.4. The lowest BCUT2D eigenvalue weighted by atomic mass is 10.2. The highest BCUT2D eigenvalue weighted by Gasteiger charge is 2.28. The number of amides is 1. The first-order valence-corrected chi connectivity index (χ1v) is 11.3. The smallest absolute Gasteiger partial charge is 0.332 e. The molecule has 34 heavy (non-hydrogen) atoms. The highest BCUT2D eigenvalue weighted by atomic mass is 16.3. The molecule has 10 nitrogen and oxygen atoms in total. The summed E-state index contributed by atoms with van der Waals surface area (Å²) in [5, 5.41) is 0. The summed E-state index contributed by atoms with van der Waals surface area (Å²) in [7, 11) is 3.13. The van der Waals surface area contributed by atoms with Gasteiger partial charge in [0.25, 0.3) is 11.5 Å². The van der Waals surface area contributed by atoms with Crippen molar-refractivity contribution in [3.8, 4) is 0 Å². The average molecular weight is 464 g/mol. The number of aromatic nitrogens is 4. The van der Waals surface area contributed by atoms with E-state index in [1.54, 1.807) is 24.1 Å². The molecule has 1 aromatic carbocycles. The minimum atomic E-state index is -0.397. The van der Waals surface area contributed by atoms with Gasteiger partial charge in [-0.15, -0.1) is 0 Å². The summed E-state index contributed by atoms with van der Waals surface area (Å²) in [5.74, 6) is 1.00. The summed E-state index contributed by atoms with van der Waals surface area (Å²) in [4.78, 5) is 46.0. The Labute approximate surface area is 195 Å². The standard InChI is InChI=1S/C24H26N6O4/c1-26-21-20(23(32)27(2)24(26)33)30(15-17-7-4-3-5-8-17)19(25-21)16-28-10-12-29(13-11-28)22(31)18-9-6-14-34-18/h3-9,14H,10-13,15-16H2,1-2H3/p+1. The third kappa shape index (κ3) is 3.86. The van der Waals surface area contributed by atoms with Crippen LogP contribution in [-0.4, -0.2) is 55.7 Å². The fraction of sp³-hybridized carbons (Fsp3) is 0.333. The zero-order chi connectivity index (χ0) is 23.8. The van der Waals surface area contributed by atoms with Crippen molar-refractivity contribution in [1.29, 1.82) is 0 Å². The molecule has 10 heteroatoms. The molecular weight excluding hydrogens is 436 g/mol. The van der Waals surface area contributed by atoms with E-state index in [0.29, 0.717) is 43.1 Å². The van der Waals surface area contributed by atoms with Gasteiger partial charge in [0.2, 0.25) is 0 Å². The van der Waals surface area contributed by atoms with Gasteiger partial charge in [-0.1, -0.05) is 30.3 Å². The molecule has 1 saturated heterocycles.